The van der Waals surface area contributed by atoms with Crippen molar-refractivity contribution in [1.29, 1.82) is 0 Å². The third kappa shape index (κ3) is 4.73. The van der Waals surface area contributed by atoms with Gasteiger partial charge in [-0.1, -0.05) is 42.5 Å². The Morgan fingerprint density at radius 3 is 2.18 bits per heavy atom. The van der Waals surface area contributed by atoms with E-state index in [-0.39, 0.29) is 38.2 Å². The quantitative estimate of drug-likeness (QED) is 0.402. The molecule has 1 atom stereocenters. The topological polar surface area (TPSA) is 108 Å². The fraction of sp³-hybridized carbons (Fsp3) is 0.250. The number of carbonyl (C=O) groups is 3. The highest BCUT2D eigenvalue weighted by molar-refractivity contribution is 6.21. The minimum atomic E-state index is -1.00. The first-order chi connectivity index (χ1) is 13.6. The standard InChI is InChI=1S/C20H20N2O6/c21-20(25)28-17(27-12-14-6-2-1-3-7-14)13-26-11-10-22-18(23)15-8-4-5-9-16(15)19(22)24/h1-9,17H,10-13H2,(H2,21,25). The Hall–Kier alpha value is -3.23. The molecular weight excluding hydrogens is 364 g/mol. The molecule has 2 aromatic carbocycles. The maximum atomic E-state index is 12.3. The van der Waals surface area contributed by atoms with Crippen molar-refractivity contribution >= 4 is 17.9 Å². The molecule has 0 saturated heterocycles. The van der Waals surface area contributed by atoms with Crippen LogP contribution in [-0.2, 0) is 20.8 Å². The zero-order chi connectivity index (χ0) is 19.9. The highest BCUT2D eigenvalue weighted by Gasteiger charge is 2.34. The number of nitrogens with two attached hydrogens (primary N) is 1. The molecule has 3 amide bonds. The van der Waals surface area contributed by atoms with Crippen molar-refractivity contribution in [3.63, 3.8) is 0 Å². The number of nitrogens with zero attached hydrogens (tertiary/aromatic N) is 1. The molecule has 1 heterocycles. The van der Waals surface area contributed by atoms with Gasteiger partial charge in [-0.25, -0.2) is 4.79 Å². The summed E-state index contributed by atoms with van der Waals surface area (Å²) in [5, 5.41) is 0. The van der Waals surface area contributed by atoms with E-state index in [2.05, 4.69) is 0 Å². The van der Waals surface area contributed by atoms with Crippen molar-refractivity contribution in [2.75, 3.05) is 19.8 Å². The Kier molecular flexibility index (Phi) is 6.36. The number of imide groups is 1. The summed E-state index contributed by atoms with van der Waals surface area (Å²) in [4.78, 5) is 36.7. The Balaban J connectivity index is 1.47. The lowest BCUT2D eigenvalue weighted by atomic mass is 10.1. The molecule has 8 nitrogen and oxygen atoms in total. The SMILES string of the molecule is NC(=O)OC(COCCN1C(=O)c2ccccc2C1=O)OCc1ccccc1. The van der Waals surface area contributed by atoms with Crippen molar-refractivity contribution < 1.29 is 28.6 Å². The Bertz CT molecular complexity index is 820. The van der Waals surface area contributed by atoms with Crippen molar-refractivity contribution in [2.24, 2.45) is 5.73 Å². The first-order valence-electron chi connectivity index (χ1n) is 8.71. The van der Waals surface area contributed by atoms with Gasteiger partial charge in [-0.2, -0.15) is 0 Å². The van der Waals surface area contributed by atoms with E-state index in [1.807, 2.05) is 30.3 Å². The minimum absolute atomic E-state index is 0.0682. The van der Waals surface area contributed by atoms with E-state index < -0.39 is 12.4 Å². The van der Waals surface area contributed by atoms with Crippen LogP contribution in [0.4, 0.5) is 4.79 Å². The molecule has 0 fully saturated rings. The van der Waals surface area contributed by atoms with Gasteiger partial charge in [0.05, 0.1) is 30.9 Å². The van der Waals surface area contributed by atoms with E-state index in [0.29, 0.717) is 11.1 Å². The fourth-order valence-corrected chi connectivity index (χ4v) is 2.79. The number of ether oxygens (including phenoxy) is 3. The van der Waals surface area contributed by atoms with Crippen LogP contribution in [0.25, 0.3) is 0 Å². The average molecular weight is 384 g/mol. The summed E-state index contributed by atoms with van der Waals surface area (Å²) < 4.78 is 15.8. The van der Waals surface area contributed by atoms with Crippen LogP contribution < -0.4 is 5.73 Å². The van der Waals surface area contributed by atoms with Crippen LogP contribution in [0.2, 0.25) is 0 Å². The summed E-state index contributed by atoms with van der Waals surface area (Å²) in [5.74, 6) is -0.705. The highest BCUT2D eigenvalue weighted by Crippen LogP contribution is 2.21. The minimum Gasteiger partial charge on any atom is -0.417 e. The van der Waals surface area contributed by atoms with Gasteiger partial charge in [-0.3, -0.25) is 14.5 Å². The molecule has 1 unspecified atom stereocenters. The van der Waals surface area contributed by atoms with Crippen molar-refractivity contribution in [1.82, 2.24) is 4.90 Å². The number of amides is 3. The second-order valence-electron chi connectivity index (χ2n) is 6.05. The summed E-state index contributed by atoms with van der Waals surface area (Å²) in [5.41, 5.74) is 6.72. The molecule has 0 saturated carbocycles. The summed E-state index contributed by atoms with van der Waals surface area (Å²) >= 11 is 0. The van der Waals surface area contributed by atoms with E-state index in [0.717, 1.165) is 10.5 Å². The Morgan fingerprint density at radius 2 is 1.57 bits per heavy atom. The second-order valence-corrected chi connectivity index (χ2v) is 6.05. The smallest absolute Gasteiger partial charge is 0.406 e. The molecule has 0 aliphatic carbocycles. The van der Waals surface area contributed by atoms with Crippen molar-refractivity contribution in [3.8, 4) is 0 Å². The second kappa shape index (κ2) is 9.12. The molecule has 3 rings (SSSR count). The predicted octanol–water partition coefficient (Wildman–Crippen LogP) is 1.94. The van der Waals surface area contributed by atoms with Crippen LogP contribution >= 0.6 is 0 Å². The van der Waals surface area contributed by atoms with Crippen LogP contribution in [0.1, 0.15) is 26.3 Å². The maximum absolute atomic E-state index is 12.3. The van der Waals surface area contributed by atoms with Gasteiger partial charge >= 0.3 is 6.09 Å². The maximum Gasteiger partial charge on any atom is 0.406 e. The molecular formula is C20H20N2O6. The number of carbonyl (C=O) groups excluding carboxylic acids is 3. The van der Waals surface area contributed by atoms with Crippen molar-refractivity contribution in [3.05, 3.63) is 71.3 Å². The van der Waals surface area contributed by atoms with Gasteiger partial charge in [-0.15, -0.1) is 0 Å². The van der Waals surface area contributed by atoms with Gasteiger partial charge in [-0.05, 0) is 17.7 Å². The summed E-state index contributed by atoms with van der Waals surface area (Å²) in [6.45, 7) is 0.270. The summed E-state index contributed by atoms with van der Waals surface area (Å²) in [7, 11) is 0. The molecule has 0 aromatic heterocycles. The average Bonchev–Trinajstić information content (AvgIpc) is 2.94. The lowest BCUT2D eigenvalue weighted by molar-refractivity contribution is -0.145. The van der Waals surface area contributed by atoms with E-state index >= 15 is 0 Å². The highest BCUT2D eigenvalue weighted by atomic mass is 16.7. The number of hydrogen-bond donors (Lipinski definition) is 1. The summed E-state index contributed by atoms with van der Waals surface area (Å²) in [6.07, 6.45) is -1.98. The first-order valence-corrected chi connectivity index (χ1v) is 8.71. The first kappa shape index (κ1) is 19.5. The van der Waals surface area contributed by atoms with Crippen molar-refractivity contribution in [2.45, 2.75) is 12.9 Å². The number of benzene rings is 2. The van der Waals surface area contributed by atoms with Crippen LogP contribution in [0.15, 0.2) is 54.6 Å². The molecule has 0 spiro atoms. The van der Waals surface area contributed by atoms with Gasteiger partial charge in [0.25, 0.3) is 11.8 Å². The Morgan fingerprint density at radius 1 is 0.964 bits per heavy atom. The molecule has 2 aromatic rings. The Labute approximate surface area is 161 Å². The van der Waals surface area contributed by atoms with Gasteiger partial charge in [0.15, 0.2) is 0 Å². The molecule has 8 heteroatoms. The number of hydrogen-bond acceptors (Lipinski definition) is 6. The van der Waals surface area contributed by atoms with Crippen LogP contribution in [0.3, 0.4) is 0 Å². The van der Waals surface area contributed by atoms with Crippen LogP contribution in [0, 0.1) is 0 Å². The van der Waals surface area contributed by atoms with Gasteiger partial charge in [0.1, 0.15) is 6.61 Å². The lowest BCUT2D eigenvalue weighted by Gasteiger charge is -2.19. The number of primary amides is 1. The summed E-state index contributed by atoms with van der Waals surface area (Å²) in [6, 6.07) is 16.0. The predicted molar refractivity (Wildman–Crippen MR) is 98.3 cm³/mol. The van der Waals surface area contributed by atoms with Gasteiger partial charge in [0, 0.05) is 0 Å². The number of fused-ring (bicyclic) bond motifs is 1. The zero-order valence-electron chi connectivity index (χ0n) is 15.1. The van der Waals surface area contributed by atoms with E-state index in [1.54, 1.807) is 24.3 Å². The largest absolute Gasteiger partial charge is 0.417 e. The number of rotatable bonds is 9. The molecule has 1 aliphatic heterocycles. The molecule has 28 heavy (non-hydrogen) atoms. The molecule has 146 valence electrons. The lowest BCUT2D eigenvalue weighted by Crippen LogP contribution is -2.34. The molecule has 2 N–H and O–H groups in total. The van der Waals surface area contributed by atoms with Gasteiger partial charge in [0.2, 0.25) is 6.29 Å². The molecule has 0 radical (unpaired) electrons. The third-order valence-corrected chi connectivity index (χ3v) is 4.12. The normalized spacial score (nSPS) is 14.1. The van der Waals surface area contributed by atoms with E-state index in [9.17, 15) is 14.4 Å². The van der Waals surface area contributed by atoms with Crippen LogP contribution in [-0.4, -0.2) is 48.9 Å². The zero-order valence-corrected chi connectivity index (χ0v) is 15.1. The third-order valence-electron chi connectivity index (χ3n) is 4.12. The van der Waals surface area contributed by atoms with E-state index in [1.165, 1.54) is 0 Å². The molecule has 1 aliphatic rings. The fourth-order valence-electron chi connectivity index (χ4n) is 2.79. The van der Waals surface area contributed by atoms with Crippen LogP contribution in [0.5, 0.6) is 0 Å². The monoisotopic (exact) mass is 384 g/mol. The van der Waals surface area contributed by atoms with E-state index in [4.69, 9.17) is 19.9 Å². The molecule has 0 bridgehead atoms. The van der Waals surface area contributed by atoms with Gasteiger partial charge < -0.3 is 19.9 Å².